The van der Waals surface area contributed by atoms with Gasteiger partial charge in [-0.2, -0.15) is 0 Å². The molecule has 0 aromatic heterocycles. The SMILES string of the molecule is COc1ccc(C)c(OC)c1.Cc1ccc(Cl)cc1Cl. The van der Waals surface area contributed by atoms with Gasteiger partial charge in [-0.05, 0) is 43.2 Å². The minimum Gasteiger partial charge on any atom is -0.497 e. The molecule has 2 aromatic rings. The first-order valence-corrected chi connectivity index (χ1v) is 6.83. The van der Waals surface area contributed by atoms with Gasteiger partial charge in [-0.3, -0.25) is 0 Å². The van der Waals surface area contributed by atoms with E-state index in [2.05, 4.69) is 0 Å². The lowest BCUT2D eigenvalue weighted by molar-refractivity contribution is 0.392. The highest BCUT2D eigenvalue weighted by atomic mass is 35.5. The van der Waals surface area contributed by atoms with Gasteiger partial charge in [0.2, 0.25) is 0 Å². The Morgan fingerprint density at radius 1 is 0.800 bits per heavy atom. The third-order valence-corrected chi connectivity index (χ3v) is 3.39. The Bertz CT molecular complexity index is 568. The van der Waals surface area contributed by atoms with Gasteiger partial charge in [0.15, 0.2) is 0 Å². The normalized spacial score (nSPS) is 9.50. The zero-order valence-electron chi connectivity index (χ0n) is 12.0. The van der Waals surface area contributed by atoms with Gasteiger partial charge in [0.1, 0.15) is 11.5 Å². The molecule has 0 aliphatic carbocycles. The second kappa shape index (κ2) is 8.03. The number of methoxy groups -OCH3 is 2. The van der Waals surface area contributed by atoms with Gasteiger partial charge in [-0.15, -0.1) is 0 Å². The molecule has 0 spiro atoms. The van der Waals surface area contributed by atoms with Crippen LogP contribution in [-0.4, -0.2) is 14.2 Å². The zero-order chi connectivity index (χ0) is 15.1. The molecule has 0 fully saturated rings. The molecule has 0 N–H and O–H groups in total. The van der Waals surface area contributed by atoms with Crippen LogP contribution in [0.15, 0.2) is 36.4 Å². The average Bonchev–Trinajstić information content (AvgIpc) is 2.44. The van der Waals surface area contributed by atoms with Gasteiger partial charge in [0.25, 0.3) is 0 Å². The summed E-state index contributed by atoms with van der Waals surface area (Å²) in [5.74, 6) is 1.69. The van der Waals surface area contributed by atoms with Gasteiger partial charge < -0.3 is 9.47 Å². The maximum atomic E-state index is 5.73. The highest BCUT2D eigenvalue weighted by molar-refractivity contribution is 6.35. The molecule has 0 atom stereocenters. The second-order valence-corrected chi connectivity index (χ2v) is 5.07. The van der Waals surface area contributed by atoms with E-state index >= 15 is 0 Å². The molecule has 2 rings (SSSR count). The van der Waals surface area contributed by atoms with Gasteiger partial charge in [-0.25, -0.2) is 0 Å². The predicted octanol–water partition coefficient (Wildman–Crippen LogP) is 5.31. The Labute approximate surface area is 130 Å². The maximum absolute atomic E-state index is 5.73. The van der Waals surface area contributed by atoms with E-state index in [-0.39, 0.29) is 0 Å². The van der Waals surface area contributed by atoms with Crippen LogP contribution < -0.4 is 9.47 Å². The Hall–Kier alpha value is -1.38. The van der Waals surface area contributed by atoms with Crippen molar-refractivity contribution in [3.8, 4) is 11.5 Å². The Kier molecular flexibility index (Phi) is 6.69. The van der Waals surface area contributed by atoms with Gasteiger partial charge in [0, 0.05) is 16.1 Å². The molecule has 108 valence electrons. The minimum atomic E-state index is 0.686. The number of benzene rings is 2. The van der Waals surface area contributed by atoms with Gasteiger partial charge >= 0.3 is 0 Å². The van der Waals surface area contributed by atoms with E-state index in [0.717, 1.165) is 27.6 Å². The average molecular weight is 313 g/mol. The lowest BCUT2D eigenvalue weighted by atomic mass is 10.2. The number of aryl methyl sites for hydroxylation is 2. The molecule has 0 aliphatic rings. The summed E-state index contributed by atoms with van der Waals surface area (Å²) in [7, 11) is 3.30. The third kappa shape index (κ3) is 4.95. The molecule has 0 heterocycles. The highest BCUT2D eigenvalue weighted by Crippen LogP contribution is 2.23. The van der Waals surface area contributed by atoms with Crippen molar-refractivity contribution in [3.63, 3.8) is 0 Å². The molecular formula is C16H18Cl2O2. The fraction of sp³-hybridized carbons (Fsp3) is 0.250. The largest absolute Gasteiger partial charge is 0.497 e. The molecule has 0 saturated carbocycles. The summed E-state index contributed by atoms with van der Waals surface area (Å²) < 4.78 is 10.1. The smallest absolute Gasteiger partial charge is 0.125 e. The van der Waals surface area contributed by atoms with Crippen LogP contribution in [0.1, 0.15) is 11.1 Å². The third-order valence-electron chi connectivity index (χ3n) is 2.75. The monoisotopic (exact) mass is 312 g/mol. The quantitative estimate of drug-likeness (QED) is 0.747. The van der Waals surface area contributed by atoms with Crippen LogP contribution in [0.25, 0.3) is 0 Å². The van der Waals surface area contributed by atoms with E-state index in [0.29, 0.717) is 5.02 Å². The molecule has 0 radical (unpaired) electrons. The summed E-state index contributed by atoms with van der Waals surface area (Å²) >= 11 is 11.4. The molecule has 2 aromatic carbocycles. The first-order valence-electron chi connectivity index (χ1n) is 6.08. The minimum absolute atomic E-state index is 0.686. The molecule has 0 amide bonds. The van der Waals surface area contributed by atoms with Gasteiger partial charge in [0.05, 0.1) is 14.2 Å². The van der Waals surface area contributed by atoms with E-state index in [1.807, 2.05) is 44.2 Å². The second-order valence-electron chi connectivity index (χ2n) is 4.23. The van der Waals surface area contributed by atoms with Crippen LogP contribution in [0.3, 0.4) is 0 Å². The summed E-state index contributed by atoms with van der Waals surface area (Å²) in [6.45, 7) is 3.94. The molecule has 0 unspecified atom stereocenters. The summed E-state index contributed by atoms with van der Waals surface area (Å²) in [6, 6.07) is 11.2. The number of halogens is 2. The number of rotatable bonds is 2. The van der Waals surface area contributed by atoms with Crippen molar-refractivity contribution < 1.29 is 9.47 Å². The molecule has 0 aliphatic heterocycles. The number of ether oxygens (including phenoxy) is 2. The molecule has 2 nitrogen and oxygen atoms in total. The standard InChI is InChI=1S/C9H12O2.C7H6Cl2/c1-7-4-5-8(10-2)6-9(7)11-3;1-5-2-3-6(8)4-7(5)9/h4-6H,1-3H3;2-4H,1H3. The van der Waals surface area contributed by atoms with Crippen LogP contribution in [-0.2, 0) is 0 Å². The predicted molar refractivity (Wildman–Crippen MR) is 85.5 cm³/mol. The maximum Gasteiger partial charge on any atom is 0.125 e. The van der Waals surface area contributed by atoms with Crippen LogP contribution in [0.5, 0.6) is 11.5 Å². The van der Waals surface area contributed by atoms with Crippen LogP contribution in [0, 0.1) is 13.8 Å². The lowest BCUT2D eigenvalue weighted by Crippen LogP contribution is -1.88. The fourth-order valence-corrected chi connectivity index (χ4v) is 1.90. The van der Waals surface area contributed by atoms with Crippen molar-refractivity contribution >= 4 is 23.2 Å². The van der Waals surface area contributed by atoms with Crippen molar-refractivity contribution in [2.45, 2.75) is 13.8 Å². The molecule has 0 saturated heterocycles. The Balaban J connectivity index is 0.000000204. The van der Waals surface area contributed by atoms with Crippen molar-refractivity contribution in [2.24, 2.45) is 0 Å². The van der Waals surface area contributed by atoms with Crippen LogP contribution in [0.2, 0.25) is 10.0 Å². The van der Waals surface area contributed by atoms with E-state index < -0.39 is 0 Å². The number of hydrogen-bond donors (Lipinski definition) is 0. The Morgan fingerprint density at radius 2 is 1.45 bits per heavy atom. The first-order chi connectivity index (χ1) is 9.47. The van der Waals surface area contributed by atoms with Crippen molar-refractivity contribution in [3.05, 3.63) is 57.6 Å². The summed E-state index contributed by atoms with van der Waals surface area (Å²) in [6.07, 6.45) is 0. The first kappa shape index (κ1) is 16.7. The lowest BCUT2D eigenvalue weighted by Gasteiger charge is -2.05. The molecular weight excluding hydrogens is 295 g/mol. The highest BCUT2D eigenvalue weighted by Gasteiger charge is 1.98. The van der Waals surface area contributed by atoms with Gasteiger partial charge in [-0.1, -0.05) is 35.3 Å². The molecule has 0 bridgehead atoms. The summed E-state index contributed by atoms with van der Waals surface area (Å²) in [5, 5.41) is 1.41. The van der Waals surface area contributed by atoms with E-state index in [1.54, 1.807) is 20.3 Å². The zero-order valence-corrected chi connectivity index (χ0v) is 13.5. The van der Waals surface area contributed by atoms with E-state index in [1.165, 1.54) is 0 Å². The summed E-state index contributed by atoms with van der Waals surface area (Å²) in [4.78, 5) is 0. The number of hydrogen-bond acceptors (Lipinski definition) is 2. The Morgan fingerprint density at radius 3 is 1.95 bits per heavy atom. The van der Waals surface area contributed by atoms with Crippen molar-refractivity contribution in [2.75, 3.05) is 14.2 Å². The van der Waals surface area contributed by atoms with E-state index in [4.69, 9.17) is 32.7 Å². The summed E-state index contributed by atoms with van der Waals surface area (Å²) in [5.41, 5.74) is 2.18. The molecule has 4 heteroatoms. The molecule has 20 heavy (non-hydrogen) atoms. The van der Waals surface area contributed by atoms with Crippen molar-refractivity contribution in [1.29, 1.82) is 0 Å². The van der Waals surface area contributed by atoms with Crippen LogP contribution in [0.4, 0.5) is 0 Å². The van der Waals surface area contributed by atoms with Crippen molar-refractivity contribution in [1.82, 2.24) is 0 Å². The van der Waals surface area contributed by atoms with Crippen LogP contribution >= 0.6 is 23.2 Å². The van der Waals surface area contributed by atoms with E-state index in [9.17, 15) is 0 Å². The topological polar surface area (TPSA) is 18.5 Å². The fourth-order valence-electron chi connectivity index (χ4n) is 1.49.